The average molecular weight is 769 g/mol. The fourth-order valence-corrected chi connectivity index (χ4v) is 13.4. The van der Waals surface area contributed by atoms with Crippen molar-refractivity contribution in [3.8, 4) is 0 Å². The number of fused-ring (bicyclic) bond motifs is 7. The van der Waals surface area contributed by atoms with Gasteiger partial charge in [0.1, 0.15) is 36.6 Å². The number of carboxylic acids is 1. The van der Waals surface area contributed by atoms with Crippen molar-refractivity contribution < 1.29 is 69.7 Å². The van der Waals surface area contributed by atoms with Crippen molar-refractivity contribution >= 4 is 5.97 Å². The maximum atomic E-state index is 12.5. The van der Waals surface area contributed by atoms with Crippen LogP contribution in [0.25, 0.3) is 0 Å². The Kier molecular flexibility index (Phi) is 10.6. The van der Waals surface area contributed by atoms with Gasteiger partial charge >= 0.3 is 5.97 Å². The van der Waals surface area contributed by atoms with Crippen molar-refractivity contribution in [2.45, 2.75) is 167 Å². The van der Waals surface area contributed by atoms with Gasteiger partial charge in [0.15, 0.2) is 25.2 Å². The van der Waals surface area contributed by atoms with Crippen LogP contribution in [0.2, 0.25) is 0 Å². The molecule has 0 radical (unpaired) electrons. The van der Waals surface area contributed by atoms with E-state index in [2.05, 4.69) is 40.7 Å². The highest BCUT2D eigenvalue weighted by molar-refractivity contribution is 5.71. The normalized spacial score (nSPS) is 55.7. The van der Waals surface area contributed by atoms with E-state index >= 15 is 0 Å². The van der Waals surface area contributed by atoms with Crippen molar-refractivity contribution in [1.29, 1.82) is 0 Å². The fourth-order valence-electron chi connectivity index (χ4n) is 13.4. The molecule has 7 rings (SSSR count). The van der Waals surface area contributed by atoms with Crippen LogP contribution in [0.15, 0.2) is 11.6 Å². The lowest BCUT2D eigenvalue weighted by Crippen LogP contribution is -2.67. The molecule has 0 aromatic heterocycles. The standard InChI is InChI=1S/C40H64O14/c1-36(2)15-19-18(20(16-36)31(47)48)9-13-39(5)21(19)7-8-23-37(3)12-11-24(38(4,17-41)22(37)10-14-40(23,39)6)51-35-30(26(43)28(45)33(50)54-35)52-34-29(46)25(42)27(44)32(49)53-34/h7,18-20,22-30,32-35,41-46,49-50H,8-17H2,1-6H3,(H,47,48)/t18?,19?,20?,22?,23?,24?,25-,26-,27+,28+,29?,30?,32?,33?,34+,35+,37-,38?,39-,40+/m0/s1. The summed E-state index contributed by atoms with van der Waals surface area (Å²) in [6, 6.07) is 0. The molecule has 2 aliphatic heterocycles. The highest BCUT2D eigenvalue weighted by atomic mass is 16.8. The van der Waals surface area contributed by atoms with Crippen molar-refractivity contribution in [3.05, 3.63) is 11.6 Å². The zero-order valence-corrected chi connectivity index (χ0v) is 32.5. The van der Waals surface area contributed by atoms with Gasteiger partial charge in [-0.1, -0.05) is 53.2 Å². The van der Waals surface area contributed by atoms with E-state index in [4.69, 9.17) is 18.9 Å². The molecule has 11 unspecified atom stereocenters. The molecule has 0 amide bonds. The SMILES string of the molecule is CC1(C)CC(C(=O)O)C2CC[C@@]3(C)C(=CCC4[C@@]5(C)CCC(O[C@@H]6OC(O)[C@H](O)[C@H](O)C6O[C@@H]6OC(O)[C@H](O)[C@H](O)C6O)C(C)(CO)C5CC[C@]43C)C2C1. The quantitative estimate of drug-likeness (QED) is 0.138. The van der Waals surface area contributed by atoms with Gasteiger partial charge in [-0.2, -0.15) is 0 Å². The molecular formula is C40H64O14. The lowest BCUT2D eigenvalue weighted by atomic mass is 9.34. The first-order chi connectivity index (χ1) is 25.1. The summed E-state index contributed by atoms with van der Waals surface area (Å²) >= 11 is 0. The van der Waals surface area contributed by atoms with Gasteiger partial charge in [-0.15, -0.1) is 0 Å². The molecule has 308 valence electrons. The van der Waals surface area contributed by atoms with Crippen LogP contribution >= 0.6 is 0 Å². The summed E-state index contributed by atoms with van der Waals surface area (Å²) in [6.07, 6.45) is -8.57. The van der Waals surface area contributed by atoms with Crippen LogP contribution in [0.1, 0.15) is 99.3 Å². The van der Waals surface area contributed by atoms with Crippen molar-refractivity contribution in [1.82, 2.24) is 0 Å². The van der Waals surface area contributed by atoms with E-state index in [1.54, 1.807) is 0 Å². The Bertz CT molecular complexity index is 1460. The van der Waals surface area contributed by atoms with Gasteiger partial charge in [0.05, 0.1) is 18.6 Å². The second-order valence-corrected chi connectivity index (χ2v) is 19.8. The van der Waals surface area contributed by atoms with Gasteiger partial charge in [-0.25, -0.2) is 0 Å². The number of carboxylic acid groups (broad SMARTS) is 1. The number of rotatable bonds is 6. The number of aliphatic hydroxyl groups excluding tert-OH is 8. The molecule has 6 fully saturated rings. The average Bonchev–Trinajstić information content (AvgIpc) is 3.10. The minimum absolute atomic E-state index is 0.00500. The summed E-state index contributed by atoms with van der Waals surface area (Å²) in [7, 11) is 0. The van der Waals surface area contributed by atoms with Crippen LogP contribution in [0.4, 0.5) is 0 Å². The van der Waals surface area contributed by atoms with Crippen LogP contribution in [0.5, 0.6) is 0 Å². The summed E-state index contributed by atoms with van der Waals surface area (Å²) < 4.78 is 23.2. The molecule has 14 nitrogen and oxygen atoms in total. The highest BCUT2D eigenvalue weighted by Gasteiger charge is 2.69. The summed E-state index contributed by atoms with van der Waals surface area (Å²) in [5.41, 5.74) is 0.236. The molecule has 0 spiro atoms. The van der Waals surface area contributed by atoms with E-state index in [9.17, 15) is 50.8 Å². The predicted octanol–water partition coefficient (Wildman–Crippen LogP) is 1.63. The molecular weight excluding hydrogens is 704 g/mol. The lowest BCUT2D eigenvalue weighted by molar-refractivity contribution is -0.406. The molecule has 2 saturated heterocycles. The number of aliphatic carboxylic acids is 1. The van der Waals surface area contributed by atoms with Gasteiger partial charge in [0.25, 0.3) is 0 Å². The monoisotopic (exact) mass is 768 g/mol. The molecule has 20 atom stereocenters. The van der Waals surface area contributed by atoms with E-state index in [1.807, 2.05) is 6.92 Å². The highest BCUT2D eigenvalue weighted by Crippen LogP contribution is 2.75. The maximum absolute atomic E-state index is 12.5. The Labute approximate surface area is 317 Å². The fraction of sp³-hybridized carbons (Fsp3) is 0.925. The smallest absolute Gasteiger partial charge is 0.306 e. The topological polar surface area (TPSA) is 236 Å². The third kappa shape index (κ3) is 6.07. The molecule has 54 heavy (non-hydrogen) atoms. The number of hydrogen-bond acceptors (Lipinski definition) is 13. The van der Waals surface area contributed by atoms with Crippen LogP contribution in [-0.4, -0.2) is 126 Å². The number of aliphatic hydroxyl groups is 8. The summed E-state index contributed by atoms with van der Waals surface area (Å²) in [5, 5.41) is 94.4. The Balaban J connectivity index is 1.15. The van der Waals surface area contributed by atoms with E-state index in [0.717, 1.165) is 44.9 Å². The molecule has 9 N–H and O–H groups in total. The van der Waals surface area contributed by atoms with Crippen molar-refractivity contribution in [2.75, 3.05) is 6.61 Å². The number of ether oxygens (including phenoxy) is 4. The summed E-state index contributed by atoms with van der Waals surface area (Å²) in [6.45, 7) is 13.4. The van der Waals surface area contributed by atoms with Crippen LogP contribution < -0.4 is 0 Å². The second-order valence-electron chi connectivity index (χ2n) is 19.8. The molecule has 5 aliphatic carbocycles. The Morgan fingerprint density at radius 3 is 2.06 bits per heavy atom. The van der Waals surface area contributed by atoms with Gasteiger partial charge < -0.3 is 64.9 Å². The van der Waals surface area contributed by atoms with Gasteiger partial charge in [-0.3, -0.25) is 4.79 Å². The second kappa shape index (κ2) is 13.9. The number of hydrogen-bond donors (Lipinski definition) is 9. The first kappa shape index (κ1) is 40.9. The largest absolute Gasteiger partial charge is 0.481 e. The minimum Gasteiger partial charge on any atom is -0.481 e. The van der Waals surface area contributed by atoms with Crippen LogP contribution in [0.3, 0.4) is 0 Å². The number of allylic oxidation sites excluding steroid dienone is 2. The lowest BCUT2D eigenvalue weighted by Gasteiger charge is -2.71. The molecule has 4 saturated carbocycles. The van der Waals surface area contributed by atoms with Crippen LogP contribution in [0, 0.1) is 56.7 Å². The molecule has 0 aromatic rings. The third-order valence-electron chi connectivity index (χ3n) is 16.5. The van der Waals surface area contributed by atoms with E-state index in [1.165, 1.54) is 5.57 Å². The van der Waals surface area contributed by atoms with Gasteiger partial charge in [0.2, 0.25) is 0 Å². The van der Waals surface area contributed by atoms with Crippen LogP contribution in [-0.2, 0) is 23.7 Å². The van der Waals surface area contributed by atoms with Gasteiger partial charge in [-0.05, 0) is 103 Å². The zero-order chi connectivity index (χ0) is 39.5. The first-order valence-electron chi connectivity index (χ1n) is 20.1. The molecule has 0 aromatic carbocycles. The van der Waals surface area contributed by atoms with E-state index in [0.29, 0.717) is 12.8 Å². The molecule has 2 heterocycles. The number of carbonyl (C=O) groups is 1. The van der Waals surface area contributed by atoms with Gasteiger partial charge in [0, 0.05) is 5.41 Å². The molecule has 0 bridgehead atoms. The summed E-state index contributed by atoms with van der Waals surface area (Å²) in [5.74, 6) is -0.327. The third-order valence-corrected chi connectivity index (χ3v) is 16.5. The Morgan fingerprint density at radius 2 is 1.41 bits per heavy atom. The Morgan fingerprint density at radius 1 is 0.759 bits per heavy atom. The molecule has 14 heteroatoms. The van der Waals surface area contributed by atoms with Crippen molar-refractivity contribution in [3.63, 3.8) is 0 Å². The van der Waals surface area contributed by atoms with Crippen molar-refractivity contribution in [2.24, 2.45) is 56.7 Å². The minimum atomic E-state index is -1.92. The van der Waals surface area contributed by atoms with E-state index < -0.39 is 79.3 Å². The summed E-state index contributed by atoms with van der Waals surface area (Å²) in [4.78, 5) is 12.5. The Hall–Kier alpha value is -1.27. The molecule has 7 aliphatic rings. The van der Waals surface area contributed by atoms with E-state index in [-0.39, 0.29) is 57.9 Å². The zero-order valence-electron chi connectivity index (χ0n) is 32.5. The predicted molar refractivity (Wildman–Crippen MR) is 190 cm³/mol. The maximum Gasteiger partial charge on any atom is 0.306 e. The first-order valence-corrected chi connectivity index (χ1v) is 20.1.